The molecular formula is C14H16N4. The normalized spacial score (nSPS) is 10.1. The van der Waals surface area contributed by atoms with Crippen LogP contribution in [0.4, 0.5) is 5.69 Å². The van der Waals surface area contributed by atoms with Crippen molar-refractivity contribution in [3.63, 3.8) is 0 Å². The molecular weight excluding hydrogens is 224 g/mol. The first kappa shape index (κ1) is 12.2. The molecule has 1 N–H and O–H groups in total. The van der Waals surface area contributed by atoms with E-state index in [2.05, 4.69) is 16.5 Å². The van der Waals surface area contributed by atoms with Crippen LogP contribution in [-0.4, -0.2) is 16.3 Å². The quantitative estimate of drug-likeness (QED) is 0.891. The van der Waals surface area contributed by atoms with Gasteiger partial charge in [0.15, 0.2) is 0 Å². The zero-order chi connectivity index (χ0) is 13.0. The number of hydrogen-bond donors (Lipinski definition) is 1. The number of anilines is 1. The average molecular weight is 240 g/mol. The van der Waals surface area contributed by atoms with Gasteiger partial charge in [0.25, 0.3) is 0 Å². The monoisotopic (exact) mass is 240 g/mol. The molecule has 1 aromatic carbocycles. The van der Waals surface area contributed by atoms with Gasteiger partial charge in [0.1, 0.15) is 6.07 Å². The Morgan fingerprint density at radius 2 is 2.22 bits per heavy atom. The Balaban J connectivity index is 1.98. The lowest BCUT2D eigenvalue weighted by Crippen LogP contribution is -2.07. The van der Waals surface area contributed by atoms with Gasteiger partial charge in [-0.15, -0.1) is 0 Å². The van der Waals surface area contributed by atoms with E-state index in [1.807, 2.05) is 44.4 Å². The second-order valence-corrected chi connectivity index (χ2v) is 4.32. The smallest absolute Gasteiger partial charge is 0.101 e. The molecule has 0 aliphatic rings. The van der Waals surface area contributed by atoms with Crippen molar-refractivity contribution < 1.29 is 0 Å². The Morgan fingerprint density at radius 3 is 2.89 bits per heavy atom. The van der Waals surface area contributed by atoms with Crippen molar-refractivity contribution in [3.8, 4) is 6.07 Å². The Bertz CT molecular complexity index is 578. The van der Waals surface area contributed by atoms with E-state index < -0.39 is 0 Å². The van der Waals surface area contributed by atoms with Crippen LogP contribution in [0.5, 0.6) is 0 Å². The van der Waals surface area contributed by atoms with Gasteiger partial charge in [-0.3, -0.25) is 4.68 Å². The van der Waals surface area contributed by atoms with Crippen LogP contribution in [0.25, 0.3) is 0 Å². The number of benzene rings is 1. The average Bonchev–Trinajstić information content (AvgIpc) is 2.75. The molecule has 0 spiro atoms. The SMILES string of the molecule is Cc1ccc(C#N)c(NCCc2ccn(C)n2)c1. The van der Waals surface area contributed by atoms with Crippen LogP contribution in [0, 0.1) is 18.3 Å². The third-order valence-corrected chi connectivity index (χ3v) is 2.76. The number of hydrogen-bond acceptors (Lipinski definition) is 3. The largest absolute Gasteiger partial charge is 0.384 e. The molecule has 2 aromatic rings. The third-order valence-electron chi connectivity index (χ3n) is 2.76. The summed E-state index contributed by atoms with van der Waals surface area (Å²) in [6, 6.07) is 9.99. The molecule has 0 amide bonds. The highest BCUT2D eigenvalue weighted by Gasteiger charge is 2.02. The van der Waals surface area contributed by atoms with Crippen LogP contribution in [0.3, 0.4) is 0 Å². The topological polar surface area (TPSA) is 53.6 Å². The van der Waals surface area contributed by atoms with Crippen LogP contribution in [-0.2, 0) is 13.5 Å². The summed E-state index contributed by atoms with van der Waals surface area (Å²) in [5.74, 6) is 0. The summed E-state index contributed by atoms with van der Waals surface area (Å²) in [5.41, 5.74) is 3.78. The van der Waals surface area contributed by atoms with E-state index in [-0.39, 0.29) is 0 Å². The molecule has 1 heterocycles. The highest BCUT2D eigenvalue weighted by molar-refractivity contribution is 5.58. The maximum Gasteiger partial charge on any atom is 0.101 e. The van der Waals surface area contributed by atoms with Gasteiger partial charge in [-0.05, 0) is 30.7 Å². The Hall–Kier alpha value is -2.28. The Labute approximate surface area is 107 Å². The van der Waals surface area contributed by atoms with Crippen molar-refractivity contribution in [1.29, 1.82) is 5.26 Å². The number of nitrogens with zero attached hydrogens (tertiary/aromatic N) is 3. The summed E-state index contributed by atoms with van der Waals surface area (Å²) in [6.45, 7) is 2.79. The van der Waals surface area contributed by atoms with Gasteiger partial charge in [0.2, 0.25) is 0 Å². The second kappa shape index (κ2) is 5.37. The lowest BCUT2D eigenvalue weighted by molar-refractivity contribution is 0.742. The van der Waals surface area contributed by atoms with Crippen molar-refractivity contribution in [3.05, 3.63) is 47.3 Å². The highest BCUT2D eigenvalue weighted by atomic mass is 15.2. The number of rotatable bonds is 4. The Morgan fingerprint density at radius 1 is 1.39 bits per heavy atom. The zero-order valence-corrected chi connectivity index (χ0v) is 10.6. The van der Waals surface area contributed by atoms with Crippen molar-refractivity contribution in [1.82, 2.24) is 9.78 Å². The van der Waals surface area contributed by atoms with E-state index in [1.54, 1.807) is 4.68 Å². The van der Waals surface area contributed by atoms with E-state index in [0.717, 1.165) is 29.9 Å². The van der Waals surface area contributed by atoms with Gasteiger partial charge in [0.05, 0.1) is 16.9 Å². The fourth-order valence-electron chi connectivity index (χ4n) is 1.82. The van der Waals surface area contributed by atoms with Crippen LogP contribution < -0.4 is 5.32 Å². The van der Waals surface area contributed by atoms with Crippen LogP contribution in [0.15, 0.2) is 30.5 Å². The number of nitriles is 1. The molecule has 0 saturated heterocycles. The maximum absolute atomic E-state index is 9.02. The van der Waals surface area contributed by atoms with Gasteiger partial charge < -0.3 is 5.32 Å². The molecule has 0 atom stereocenters. The van der Waals surface area contributed by atoms with Crippen molar-refractivity contribution in [2.75, 3.05) is 11.9 Å². The molecule has 0 aliphatic carbocycles. The molecule has 0 fully saturated rings. The maximum atomic E-state index is 9.02. The van der Waals surface area contributed by atoms with Gasteiger partial charge in [-0.2, -0.15) is 10.4 Å². The molecule has 0 bridgehead atoms. The van der Waals surface area contributed by atoms with E-state index in [0.29, 0.717) is 5.56 Å². The molecule has 0 unspecified atom stereocenters. The van der Waals surface area contributed by atoms with Crippen LogP contribution in [0.2, 0.25) is 0 Å². The van der Waals surface area contributed by atoms with Gasteiger partial charge in [0, 0.05) is 26.2 Å². The zero-order valence-electron chi connectivity index (χ0n) is 10.6. The molecule has 2 rings (SSSR count). The van der Waals surface area contributed by atoms with E-state index in [1.165, 1.54) is 0 Å². The second-order valence-electron chi connectivity index (χ2n) is 4.32. The van der Waals surface area contributed by atoms with E-state index in [9.17, 15) is 0 Å². The first-order valence-electron chi connectivity index (χ1n) is 5.92. The first-order valence-corrected chi connectivity index (χ1v) is 5.92. The number of aromatic nitrogens is 2. The summed E-state index contributed by atoms with van der Waals surface area (Å²) in [4.78, 5) is 0. The first-order chi connectivity index (χ1) is 8.69. The Kier molecular flexibility index (Phi) is 3.63. The van der Waals surface area contributed by atoms with Gasteiger partial charge in [-0.25, -0.2) is 0 Å². The molecule has 4 nitrogen and oxygen atoms in total. The summed E-state index contributed by atoms with van der Waals surface area (Å²) in [5, 5.41) is 16.6. The number of aryl methyl sites for hydroxylation is 2. The molecule has 0 radical (unpaired) electrons. The summed E-state index contributed by atoms with van der Waals surface area (Å²) in [6.07, 6.45) is 2.78. The molecule has 4 heteroatoms. The summed E-state index contributed by atoms with van der Waals surface area (Å²) >= 11 is 0. The van der Waals surface area contributed by atoms with Crippen molar-refractivity contribution in [2.24, 2.45) is 7.05 Å². The lowest BCUT2D eigenvalue weighted by atomic mass is 10.1. The summed E-state index contributed by atoms with van der Waals surface area (Å²) in [7, 11) is 1.91. The lowest BCUT2D eigenvalue weighted by Gasteiger charge is -2.08. The fraction of sp³-hybridized carbons (Fsp3) is 0.286. The van der Waals surface area contributed by atoms with Crippen molar-refractivity contribution in [2.45, 2.75) is 13.3 Å². The highest BCUT2D eigenvalue weighted by Crippen LogP contribution is 2.16. The van der Waals surface area contributed by atoms with Crippen molar-refractivity contribution >= 4 is 5.69 Å². The predicted octanol–water partition coefficient (Wildman–Crippen LogP) is 2.25. The standard InChI is InChI=1S/C14H16N4/c1-11-3-4-12(10-15)14(9-11)16-7-5-13-6-8-18(2)17-13/h3-4,6,8-9,16H,5,7H2,1-2H3. The van der Waals surface area contributed by atoms with E-state index in [4.69, 9.17) is 5.26 Å². The number of nitrogens with one attached hydrogen (secondary N) is 1. The van der Waals surface area contributed by atoms with Crippen LogP contribution >= 0.6 is 0 Å². The minimum Gasteiger partial charge on any atom is -0.384 e. The molecule has 0 saturated carbocycles. The third kappa shape index (κ3) is 2.89. The van der Waals surface area contributed by atoms with Gasteiger partial charge >= 0.3 is 0 Å². The molecule has 0 aliphatic heterocycles. The summed E-state index contributed by atoms with van der Waals surface area (Å²) < 4.78 is 1.79. The fourth-order valence-corrected chi connectivity index (χ4v) is 1.82. The van der Waals surface area contributed by atoms with Crippen LogP contribution in [0.1, 0.15) is 16.8 Å². The van der Waals surface area contributed by atoms with E-state index >= 15 is 0 Å². The van der Waals surface area contributed by atoms with Gasteiger partial charge in [-0.1, -0.05) is 6.07 Å². The molecule has 92 valence electrons. The molecule has 1 aromatic heterocycles. The minimum absolute atomic E-state index is 0.682. The minimum atomic E-state index is 0.682. The predicted molar refractivity (Wildman–Crippen MR) is 71.3 cm³/mol. The molecule has 18 heavy (non-hydrogen) atoms.